The first-order valence-electron chi connectivity index (χ1n) is 11.3. The Morgan fingerprint density at radius 3 is 2.37 bits per heavy atom. The Kier molecular flexibility index (Phi) is 4.25. The van der Waals surface area contributed by atoms with Crippen LogP contribution in [0.15, 0.2) is 42.7 Å². The molecule has 0 N–H and O–H groups in total. The minimum absolute atomic E-state index is 0.0971. The average molecular weight is 402 g/mol. The Bertz CT molecular complexity index is 1060. The van der Waals surface area contributed by atoms with Gasteiger partial charge in [-0.3, -0.25) is 4.79 Å². The molecule has 0 saturated carbocycles. The molecule has 6 nitrogen and oxygen atoms in total. The van der Waals surface area contributed by atoms with Gasteiger partial charge in [0.25, 0.3) is 5.91 Å². The first kappa shape index (κ1) is 17.9. The van der Waals surface area contributed by atoms with E-state index in [9.17, 15) is 4.79 Å². The molecule has 6 heterocycles. The summed E-state index contributed by atoms with van der Waals surface area (Å²) >= 11 is 0. The maximum atomic E-state index is 13.0. The summed E-state index contributed by atoms with van der Waals surface area (Å²) in [5, 5.41) is 4.58. The van der Waals surface area contributed by atoms with Gasteiger partial charge in [-0.1, -0.05) is 6.07 Å². The summed E-state index contributed by atoms with van der Waals surface area (Å²) in [5.41, 5.74) is 3.55. The van der Waals surface area contributed by atoms with Gasteiger partial charge in [0.1, 0.15) is 5.82 Å². The number of pyridine rings is 2. The number of likely N-dealkylation sites (tertiary alicyclic amines) is 1. The van der Waals surface area contributed by atoms with Crippen LogP contribution in [-0.4, -0.2) is 50.6 Å². The van der Waals surface area contributed by atoms with Crippen molar-refractivity contribution in [3.63, 3.8) is 0 Å². The fraction of sp³-hybridized carbons (Fsp3) is 0.458. The van der Waals surface area contributed by atoms with Crippen LogP contribution in [0.3, 0.4) is 0 Å². The Morgan fingerprint density at radius 2 is 1.67 bits per heavy atom. The molecular formula is C24H27N5O. The van der Waals surface area contributed by atoms with Crippen molar-refractivity contribution in [2.75, 3.05) is 18.0 Å². The number of anilines is 1. The van der Waals surface area contributed by atoms with Crippen LogP contribution in [0, 0.1) is 0 Å². The molecule has 0 aliphatic carbocycles. The van der Waals surface area contributed by atoms with Crippen molar-refractivity contribution in [1.29, 1.82) is 0 Å². The van der Waals surface area contributed by atoms with Crippen molar-refractivity contribution in [2.24, 2.45) is 0 Å². The fourth-order valence-corrected chi connectivity index (χ4v) is 5.64. The van der Waals surface area contributed by atoms with Crippen molar-refractivity contribution in [2.45, 2.75) is 57.0 Å². The molecule has 0 aromatic carbocycles. The number of aromatic nitrogens is 3. The first-order chi connectivity index (χ1) is 14.8. The van der Waals surface area contributed by atoms with Crippen LogP contribution in [0.4, 0.5) is 5.82 Å². The lowest BCUT2D eigenvalue weighted by Crippen LogP contribution is -2.35. The number of amides is 1. The van der Waals surface area contributed by atoms with Crippen LogP contribution in [-0.2, 0) is 0 Å². The molecule has 3 fully saturated rings. The van der Waals surface area contributed by atoms with E-state index in [4.69, 9.17) is 4.98 Å². The molecule has 3 saturated heterocycles. The van der Waals surface area contributed by atoms with E-state index in [0.717, 1.165) is 48.5 Å². The molecule has 3 aromatic heterocycles. The van der Waals surface area contributed by atoms with Gasteiger partial charge in [-0.15, -0.1) is 0 Å². The second kappa shape index (κ2) is 7.11. The van der Waals surface area contributed by atoms with E-state index >= 15 is 0 Å². The van der Waals surface area contributed by atoms with E-state index in [1.807, 2.05) is 33.8 Å². The third kappa shape index (κ3) is 2.81. The number of carbonyl (C=O) groups is 1. The molecule has 2 bridgehead atoms. The second-order valence-corrected chi connectivity index (χ2v) is 8.89. The number of carbonyl (C=O) groups excluding carboxylic acids is 1. The summed E-state index contributed by atoms with van der Waals surface area (Å²) in [6, 6.07) is 11.7. The quantitative estimate of drug-likeness (QED) is 0.661. The van der Waals surface area contributed by atoms with Gasteiger partial charge in [-0.2, -0.15) is 5.10 Å². The topological polar surface area (TPSA) is 53.7 Å². The first-order valence-corrected chi connectivity index (χ1v) is 11.3. The minimum atomic E-state index is 0.0971. The largest absolute Gasteiger partial charge is 0.351 e. The van der Waals surface area contributed by atoms with Gasteiger partial charge in [0, 0.05) is 36.9 Å². The monoisotopic (exact) mass is 401 g/mol. The highest BCUT2D eigenvalue weighted by atomic mass is 16.2. The zero-order valence-electron chi connectivity index (χ0n) is 17.2. The molecule has 0 spiro atoms. The number of rotatable bonds is 3. The van der Waals surface area contributed by atoms with Crippen LogP contribution in [0.1, 0.15) is 55.3 Å². The standard InChI is InChI=1S/C24H27N5O/c30-24(27-13-2-1-3-14-27)20-16-26-29-21(5-4-6-22(20)29)17-7-12-23(25-15-17)28-18-8-9-19(28)11-10-18/h4-7,12,15-16,18-19H,1-3,8-11,13-14H2. The van der Waals surface area contributed by atoms with Crippen molar-refractivity contribution >= 4 is 17.2 Å². The third-order valence-corrected chi connectivity index (χ3v) is 7.18. The van der Waals surface area contributed by atoms with Gasteiger partial charge in [0.15, 0.2) is 0 Å². The van der Waals surface area contributed by atoms with E-state index in [1.165, 1.54) is 32.1 Å². The van der Waals surface area contributed by atoms with Gasteiger partial charge < -0.3 is 9.80 Å². The van der Waals surface area contributed by atoms with Crippen LogP contribution < -0.4 is 4.90 Å². The molecule has 6 heteroatoms. The maximum Gasteiger partial charge on any atom is 0.257 e. The molecule has 0 unspecified atom stereocenters. The molecule has 30 heavy (non-hydrogen) atoms. The summed E-state index contributed by atoms with van der Waals surface area (Å²) in [6.45, 7) is 1.69. The average Bonchev–Trinajstić information content (AvgIpc) is 3.53. The van der Waals surface area contributed by atoms with E-state index in [2.05, 4.69) is 22.1 Å². The van der Waals surface area contributed by atoms with Crippen molar-refractivity contribution in [3.8, 4) is 11.3 Å². The van der Waals surface area contributed by atoms with Crippen LogP contribution in [0.25, 0.3) is 16.8 Å². The molecule has 6 rings (SSSR count). The van der Waals surface area contributed by atoms with Crippen molar-refractivity contribution in [3.05, 3.63) is 48.3 Å². The highest BCUT2D eigenvalue weighted by molar-refractivity contribution is 6.01. The lowest BCUT2D eigenvalue weighted by molar-refractivity contribution is 0.0726. The van der Waals surface area contributed by atoms with Crippen molar-refractivity contribution < 1.29 is 4.79 Å². The summed E-state index contributed by atoms with van der Waals surface area (Å²) in [4.78, 5) is 22.3. The smallest absolute Gasteiger partial charge is 0.257 e. The second-order valence-electron chi connectivity index (χ2n) is 8.89. The van der Waals surface area contributed by atoms with E-state index in [1.54, 1.807) is 6.20 Å². The fourth-order valence-electron chi connectivity index (χ4n) is 5.64. The Morgan fingerprint density at radius 1 is 0.900 bits per heavy atom. The van der Waals surface area contributed by atoms with Crippen LogP contribution in [0.5, 0.6) is 0 Å². The van der Waals surface area contributed by atoms with Crippen LogP contribution in [0.2, 0.25) is 0 Å². The lowest BCUT2D eigenvalue weighted by Gasteiger charge is -2.26. The Hall–Kier alpha value is -2.89. The number of hydrogen-bond acceptors (Lipinski definition) is 4. The minimum Gasteiger partial charge on any atom is -0.351 e. The van der Waals surface area contributed by atoms with Gasteiger partial charge in [-0.25, -0.2) is 9.50 Å². The molecule has 0 atom stereocenters. The van der Waals surface area contributed by atoms with E-state index < -0.39 is 0 Å². The predicted molar refractivity (Wildman–Crippen MR) is 117 cm³/mol. The molecule has 3 aromatic rings. The normalized spacial score (nSPS) is 23.5. The van der Waals surface area contributed by atoms with Gasteiger partial charge in [0.2, 0.25) is 0 Å². The number of piperidine rings is 1. The van der Waals surface area contributed by atoms with Gasteiger partial charge >= 0.3 is 0 Å². The Balaban J connectivity index is 1.32. The van der Waals surface area contributed by atoms with E-state index in [-0.39, 0.29) is 5.91 Å². The molecule has 0 radical (unpaired) electrons. The number of hydrogen-bond donors (Lipinski definition) is 0. The summed E-state index contributed by atoms with van der Waals surface area (Å²) in [6.07, 6.45) is 12.3. The number of nitrogens with zero attached hydrogens (tertiary/aromatic N) is 5. The van der Waals surface area contributed by atoms with Gasteiger partial charge in [0.05, 0.1) is 23.0 Å². The van der Waals surface area contributed by atoms with Gasteiger partial charge in [-0.05, 0) is 69.2 Å². The number of fused-ring (bicyclic) bond motifs is 3. The third-order valence-electron chi connectivity index (χ3n) is 7.18. The Labute approximate surface area is 176 Å². The van der Waals surface area contributed by atoms with Crippen molar-refractivity contribution in [1.82, 2.24) is 19.5 Å². The lowest BCUT2D eigenvalue weighted by atomic mass is 10.0. The highest BCUT2D eigenvalue weighted by Gasteiger charge is 2.39. The van der Waals surface area contributed by atoms with Crippen LogP contribution >= 0.6 is 0 Å². The molecule has 3 aliphatic rings. The zero-order valence-corrected chi connectivity index (χ0v) is 17.2. The molecule has 1 amide bonds. The molecule has 154 valence electrons. The predicted octanol–water partition coefficient (Wildman–Crippen LogP) is 4.15. The summed E-state index contributed by atoms with van der Waals surface area (Å²) < 4.78 is 1.88. The SMILES string of the molecule is O=C(c1cnn2c(-c3ccc(N4C5CCC4CC5)nc3)cccc12)N1CCCCC1. The maximum absolute atomic E-state index is 13.0. The summed E-state index contributed by atoms with van der Waals surface area (Å²) in [7, 11) is 0. The van der Waals surface area contributed by atoms with E-state index in [0.29, 0.717) is 17.6 Å². The molecule has 3 aliphatic heterocycles. The summed E-state index contributed by atoms with van der Waals surface area (Å²) in [5.74, 6) is 1.19. The zero-order chi connectivity index (χ0) is 20.1. The highest BCUT2D eigenvalue weighted by Crippen LogP contribution is 2.40. The molecular weight excluding hydrogens is 374 g/mol.